The van der Waals surface area contributed by atoms with Crippen molar-refractivity contribution >= 4 is 15.9 Å². The van der Waals surface area contributed by atoms with E-state index in [2.05, 4.69) is 22.9 Å². The molecule has 2 N–H and O–H groups in total. The first-order valence-electron chi connectivity index (χ1n) is 6.39. The molecule has 2 rings (SSSR count). The Balaban J connectivity index is 2.15. The Labute approximate surface area is 122 Å². The van der Waals surface area contributed by atoms with Crippen molar-refractivity contribution < 1.29 is 4.74 Å². The standard InChI is InChI=1S/C16H18BrNO/c1-3-15(18)12-4-7-14(8-5-12)19-16-9-6-13(17)10-11(16)2/h4-10,15H,3,18H2,1-2H3/t15-/m1/s1. The van der Waals surface area contributed by atoms with Crippen molar-refractivity contribution in [2.75, 3.05) is 0 Å². The number of nitrogens with two attached hydrogens (primary N) is 1. The molecule has 0 aliphatic rings. The fraction of sp³-hybridized carbons (Fsp3) is 0.250. The lowest BCUT2D eigenvalue weighted by Gasteiger charge is -2.12. The minimum absolute atomic E-state index is 0.100. The Morgan fingerprint density at radius 3 is 2.42 bits per heavy atom. The van der Waals surface area contributed by atoms with Crippen molar-refractivity contribution in [3.63, 3.8) is 0 Å². The zero-order valence-electron chi connectivity index (χ0n) is 11.2. The first kappa shape index (κ1) is 14.1. The number of aryl methyl sites for hydroxylation is 1. The molecule has 1 atom stereocenters. The van der Waals surface area contributed by atoms with E-state index in [-0.39, 0.29) is 6.04 Å². The lowest BCUT2D eigenvalue weighted by molar-refractivity contribution is 0.478. The van der Waals surface area contributed by atoms with E-state index in [1.54, 1.807) is 0 Å². The molecule has 0 aromatic heterocycles. The van der Waals surface area contributed by atoms with Gasteiger partial charge in [0.2, 0.25) is 0 Å². The molecule has 0 bridgehead atoms. The van der Waals surface area contributed by atoms with Gasteiger partial charge in [0, 0.05) is 10.5 Å². The van der Waals surface area contributed by atoms with Gasteiger partial charge in [-0.3, -0.25) is 0 Å². The number of benzene rings is 2. The third-order valence-electron chi connectivity index (χ3n) is 3.11. The van der Waals surface area contributed by atoms with E-state index >= 15 is 0 Å². The minimum atomic E-state index is 0.100. The zero-order valence-corrected chi connectivity index (χ0v) is 12.8. The van der Waals surface area contributed by atoms with E-state index in [0.717, 1.165) is 33.5 Å². The Kier molecular flexibility index (Phi) is 4.61. The summed E-state index contributed by atoms with van der Waals surface area (Å²) in [5, 5.41) is 0. The molecule has 2 aromatic rings. The maximum absolute atomic E-state index is 5.99. The Bertz CT molecular complexity index is 551. The molecule has 2 aromatic carbocycles. The molecule has 0 fully saturated rings. The Hall–Kier alpha value is -1.32. The third kappa shape index (κ3) is 3.58. The lowest BCUT2D eigenvalue weighted by Crippen LogP contribution is -2.08. The SMILES string of the molecule is CC[C@@H](N)c1ccc(Oc2ccc(Br)cc2C)cc1. The monoisotopic (exact) mass is 319 g/mol. The predicted octanol–water partition coefficient (Wildman–Crippen LogP) is 4.96. The highest BCUT2D eigenvalue weighted by Gasteiger charge is 2.05. The first-order chi connectivity index (χ1) is 9.10. The molecule has 0 aliphatic heterocycles. The highest BCUT2D eigenvalue weighted by atomic mass is 79.9. The van der Waals surface area contributed by atoms with Gasteiger partial charge in [-0.2, -0.15) is 0 Å². The van der Waals surface area contributed by atoms with Crippen LogP contribution in [0, 0.1) is 6.92 Å². The summed E-state index contributed by atoms with van der Waals surface area (Å²) in [6, 6.07) is 14.1. The average molecular weight is 320 g/mol. The fourth-order valence-corrected chi connectivity index (χ4v) is 2.35. The number of halogens is 1. The molecule has 0 saturated heterocycles. The second-order valence-electron chi connectivity index (χ2n) is 4.60. The molecular weight excluding hydrogens is 302 g/mol. The van der Waals surface area contributed by atoms with E-state index in [1.165, 1.54) is 0 Å². The smallest absolute Gasteiger partial charge is 0.130 e. The van der Waals surface area contributed by atoms with Crippen molar-refractivity contribution in [3.8, 4) is 11.5 Å². The summed E-state index contributed by atoms with van der Waals surface area (Å²) in [6.45, 7) is 4.11. The predicted molar refractivity (Wildman–Crippen MR) is 82.6 cm³/mol. The summed E-state index contributed by atoms with van der Waals surface area (Å²) in [7, 11) is 0. The van der Waals surface area contributed by atoms with Crippen molar-refractivity contribution in [1.82, 2.24) is 0 Å². The number of rotatable bonds is 4. The van der Waals surface area contributed by atoms with E-state index in [1.807, 2.05) is 49.4 Å². The number of hydrogen-bond acceptors (Lipinski definition) is 2. The van der Waals surface area contributed by atoms with Crippen LogP contribution in [-0.2, 0) is 0 Å². The van der Waals surface area contributed by atoms with Gasteiger partial charge >= 0.3 is 0 Å². The fourth-order valence-electron chi connectivity index (χ4n) is 1.87. The van der Waals surface area contributed by atoms with Gasteiger partial charge < -0.3 is 10.5 Å². The molecule has 0 aliphatic carbocycles. The van der Waals surface area contributed by atoms with Gasteiger partial charge in [0.15, 0.2) is 0 Å². The first-order valence-corrected chi connectivity index (χ1v) is 7.19. The molecule has 0 heterocycles. The van der Waals surface area contributed by atoms with Gasteiger partial charge in [-0.05, 0) is 54.8 Å². The van der Waals surface area contributed by atoms with Crippen molar-refractivity contribution in [2.24, 2.45) is 5.73 Å². The average Bonchev–Trinajstić information content (AvgIpc) is 2.42. The second kappa shape index (κ2) is 6.22. The molecule has 2 nitrogen and oxygen atoms in total. The normalized spacial score (nSPS) is 12.2. The second-order valence-corrected chi connectivity index (χ2v) is 5.51. The van der Waals surface area contributed by atoms with Gasteiger partial charge in [0.1, 0.15) is 11.5 Å². The summed E-state index contributed by atoms with van der Waals surface area (Å²) >= 11 is 3.45. The van der Waals surface area contributed by atoms with Crippen LogP contribution in [0.3, 0.4) is 0 Å². The topological polar surface area (TPSA) is 35.2 Å². The van der Waals surface area contributed by atoms with E-state index in [9.17, 15) is 0 Å². The van der Waals surface area contributed by atoms with Gasteiger partial charge in [0.05, 0.1) is 0 Å². The van der Waals surface area contributed by atoms with Crippen LogP contribution in [0.25, 0.3) is 0 Å². The van der Waals surface area contributed by atoms with Crippen LogP contribution >= 0.6 is 15.9 Å². The number of ether oxygens (including phenoxy) is 1. The number of hydrogen-bond donors (Lipinski definition) is 1. The molecule has 0 spiro atoms. The van der Waals surface area contributed by atoms with Crippen LogP contribution in [0.5, 0.6) is 11.5 Å². The lowest BCUT2D eigenvalue weighted by atomic mass is 10.1. The summed E-state index contributed by atoms with van der Waals surface area (Å²) in [5.74, 6) is 1.70. The van der Waals surface area contributed by atoms with Crippen LogP contribution in [0.2, 0.25) is 0 Å². The highest BCUT2D eigenvalue weighted by Crippen LogP contribution is 2.28. The molecule has 0 amide bonds. The van der Waals surface area contributed by atoms with Gasteiger partial charge in [0.25, 0.3) is 0 Å². The molecule has 100 valence electrons. The van der Waals surface area contributed by atoms with Crippen LogP contribution in [-0.4, -0.2) is 0 Å². The summed E-state index contributed by atoms with van der Waals surface area (Å²) in [4.78, 5) is 0. The molecule has 0 unspecified atom stereocenters. The van der Waals surface area contributed by atoms with Gasteiger partial charge in [-0.1, -0.05) is 35.0 Å². The van der Waals surface area contributed by atoms with Crippen molar-refractivity contribution in [2.45, 2.75) is 26.3 Å². The summed E-state index contributed by atoms with van der Waals surface area (Å²) in [5.41, 5.74) is 8.23. The maximum Gasteiger partial charge on any atom is 0.130 e. The van der Waals surface area contributed by atoms with Crippen molar-refractivity contribution in [3.05, 3.63) is 58.1 Å². The largest absolute Gasteiger partial charge is 0.457 e. The Morgan fingerprint density at radius 1 is 1.16 bits per heavy atom. The van der Waals surface area contributed by atoms with E-state index in [0.29, 0.717) is 0 Å². The molecule has 19 heavy (non-hydrogen) atoms. The van der Waals surface area contributed by atoms with Gasteiger partial charge in [-0.15, -0.1) is 0 Å². The minimum Gasteiger partial charge on any atom is -0.457 e. The zero-order chi connectivity index (χ0) is 13.8. The van der Waals surface area contributed by atoms with Crippen LogP contribution in [0.4, 0.5) is 0 Å². The maximum atomic E-state index is 5.99. The summed E-state index contributed by atoms with van der Waals surface area (Å²) < 4.78 is 6.93. The molecule has 0 saturated carbocycles. The Morgan fingerprint density at radius 2 is 1.84 bits per heavy atom. The van der Waals surface area contributed by atoms with Gasteiger partial charge in [-0.25, -0.2) is 0 Å². The molecule has 0 radical (unpaired) electrons. The van der Waals surface area contributed by atoms with E-state index < -0.39 is 0 Å². The highest BCUT2D eigenvalue weighted by molar-refractivity contribution is 9.10. The molecular formula is C16H18BrNO. The van der Waals surface area contributed by atoms with E-state index in [4.69, 9.17) is 10.5 Å². The quantitative estimate of drug-likeness (QED) is 0.864. The van der Waals surface area contributed by atoms with Crippen LogP contribution < -0.4 is 10.5 Å². The van der Waals surface area contributed by atoms with Crippen molar-refractivity contribution in [1.29, 1.82) is 0 Å². The molecule has 3 heteroatoms. The third-order valence-corrected chi connectivity index (χ3v) is 3.61. The summed E-state index contributed by atoms with van der Waals surface area (Å²) in [6.07, 6.45) is 0.937. The van der Waals surface area contributed by atoms with Crippen LogP contribution in [0.1, 0.15) is 30.5 Å². The van der Waals surface area contributed by atoms with Crippen LogP contribution in [0.15, 0.2) is 46.9 Å².